The number of para-hydroxylation sites is 1. The molecule has 1 saturated carbocycles. The van der Waals surface area contributed by atoms with Crippen molar-refractivity contribution < 1.29 is 17.4 Å². The van der Waals surface area contributed by atoms with E-state index in [-0.39, 0.29) is 17.2 Å². The minimum Gasteiger partial charge on any atom is -1.00 e. The van der Waals surface area contributed by atoms with Crippen molar-refractivity contribution in [3.63, 3.8) is 0 Å². The molecule has 27 heavy (non-hydrogen) atoms. The summed E-state index contributed by atoms with van der Waals surface area (Å²) in [6.45, 7) is 4.78. The zero-order chi connectivity index (χ0) is 18.3. The minimum absolute atomic E-state index is 0. The Kier molecular flexibility index (Phi) is 5.73. The first-order valence-electron chi connectivity index (χ1n) is 9.34. The summed E-state index contributed by atoms with van der Waals surface area (Å²) >= 11 is 2.01. The van der Waals surface area contributed by atoms with Crippen LogP contribution in [0.5, 0.6) is 0 Å². The highest BCUT2D eigenvalue weighted by molar-refractivity contribution is 8.00. The standard InChI is InChI=1S/C23H26N2S.ClH/c1-23(2)19-14-11-17(15-16-9-12-18(13-10-16)25(3)4)22(19)24-20-7-5-6-8-21(20)26-23;/h5-10,12-13,15,19H,11,14H2,1-4H3;1H/b17-15+;. The first kappa shape index (κ1) is 20.0. The lowest BCUT2D eigenvalue weighted by molar-refractivity contribution is -0.358. The summed E-state index contributed by atoms with van der Waals surface area (Å²) in [6.07, 6.45) is 4.74. The lowest BCUT2D eigenvalue weighted by Gasteiger charge is -2.27. The van der Waals surface area contributed by atoms with E-state index in [1.165, 1.54) is 39.5 Å². The van der Waals surface area contributed by atoms with E-state index < -0.39 is 0 Å². The van der Waals surface area contributed by atoms with Crippen LogP contribution in [0.1, 0.15) is 32.3 Å². The van der Waals surface area contributed by atoms with Crippen molar-refractivity contribution >= 4 is 34.9 Å². The molecule has 2 aromatic carbocycles. The number of thioether (sulfide) groups is 1. The topological polar surface area (TPSA) is 17.2 Å². The first-order valence-corrected chi connectivity index (χ1v) is 10.2. The molecule has 0 saturated heterocycles. The van der Waals surface area contributed by atoms with Crippen LogP contribution in [0.15, 0.2) is 59.0 Å². The van der Waals surface area contributed by atoms with Gasteiger partial charge < -0.3 is 17.3 Å². The average Bonchev–Trinajstić information content (AvgIpc) is 2.95. The van der Waals surface area contributed by atoms with Crippen molar-refractivity contribution in [2.75, 3.05) is 19.0 Å². The number of hydrogen-bond donors (Lipinski definition) is 1. The van der Waals surface area contributed by atoms with Crippen molar-refractivity contribution in [2.45, 2.75) is 36.3 Å². The van der Waals surface area contributed by atoms with E-state index in [4.69, 9.17) is 0 Å². The molecule has 1 aliphatic heterocycles. The van der Waals surface area contributed by atoms with Gasteiger partial charge in [0.25, 0.3) is 0 Å². The van der Waals surface area contributed by atoms with Crippen LogP contribution in [-0.2, 0) is 0 Å². The molecule has 2 aliphatic rings. The van der Waals surface area contributed by atoms with Crippen molar-refractivity contribution in [3.8, 4) is 0 Å². The van der Waals surface area contributed by atoms with Crippen molar-refractivity contribution in [1.82, 2.24) is 0 Å². The fraction of sp³-hybridized carbons (Fsp3) is 0.348. The number of rotatable bonds is 2. The van der Waals surface area contributed by atoms with Crippen LogP contribution >= 0.6 is 11.8 Å². The van der Waals surface area contributed by atoms with Gasteiger partial charge in [-0.1, -0.05) is 24.3 Å². The maximum Gasteiger partial charge on any atom is 0.217 e. The summed E-state index contributed by atoms with van der Waals surface area (Å²) in [5.41, 5.74) is 6.65. The Labute approximate surface area is 173 Å². The summed E-state index contributed by atoms with van der Waals surface area (Å²) in [4.78, 5) is 7.29. The summed E-state index contributed by atoms with van der Waals surface area (Å²) in [7, 11) is 4.16. The molecule has 1 heterocycles. The highest BCUT2D eigenvalue weighted by Crippen LogP contribution is 2.47. The SMILES string of the molecule is CN(C)c1ccc(/C=C2\CCC3C2=[NH+]c2ccccc2SC3(C)C)cc1.[Cl-]. The van der Waals surface area contributed by atoms with Gasteiger partial charge in [-0.05, 0) is 56.5 Å². The zero-order valence-electron chi connectivity index (χ0n) is 16.4. The van der Waals surface area contributed by atoms with Crippen LogP contribution in [-0.4, -0.2) is 24.6 Å². The Morgan fingerprint density at radius 2 is 1.78 bits per heavy atom. The Morgan fingerprint density at radius 3 is 2.48 bits per heavy atom. The van der Waals surface area contributed by atoms with Crippen molar-refractivity contribution in [3.05, 3.63) is 59.7 Å². The van der Waals surface area contributed by atoms with Gasteiger partial charge in [0.15, 0.2) is 5.71 Å². The van der Waals surface area contributed by atoms with E-state index in [0.29, 0.717) is 5.92 Å². The number of nitrogens with one attached hydrogen (secondary N) is 1. The quantitative estimate of drug-likeness (QED) is 0.821. The molecule has 1 aliphatic carbocycles. The predicted molar refractivity (Wildman–Crippen MR) is 113 cm³/mol. The summed E-state index contributed by atoms with van der Waals surface area (Å²) in [5.74, 6) is 0.562. The molecule has 0 bridgehead atoms. The Bertz CT molecular complexity index is 882. The molecule has 0 radical (unpaired) electrons. The first-order chi connectivity index (χ1) is 12.4. The Morgan fingerprint density at radius 1 is 1.07 bits per heavy atom. The van der Waals surface area contributed by atoms with Crippen LogP contribution in [0.2, 0.25) is 0 Å². The van der Waals surface area contributed by atoms with Gasteiger partial charge in [0.05, 0.1) is 10.8 Å². The molecule has 0 amide bonds. The molecule has 2 aromatic rings. The van der Waals surface area contributed by atoms with E-state index in [1.54, 1.807) is 0 Å². The van der Waals surface area contributed by atoms with Gasteiger partial charge in [-0.2, -0.15) is 0 Å². The molecule has 1 unspecified atom stereocenters. The number of anilines is 1. The molecule has 1 N–H and O–H groups in total. The summed E-state index contributed by atoms with van der Waals surface area (Å²) in [6, 6.07) is 17.5. The number of nitrogens with zero attached hydrogens (tertiary/aromatic N) is 1. The van der Waals surface area contributed by atoms with Crippen LogP contribution in [0.3, 0.4) is 0 Å². The Hall–Kier alpha value is -1.71. The van der Waals surface area contributed by atoms with E-state index in [2.05, 4.69) is 92.4 Å². The third kappa shape index (κ3) is 3.95. The van der Waals surface area contributed by atoms with E-state index >= 15 is 0 Å². The number of halogens is 1. The molecule has 1 atom stereocenters. The second-order valence-electron chi connectivity index (χ2n) is 7.99. The van der Waals surface area contributed by atoms with Gasteiger partial charge in [0, 0.05) is 36.2 Å². The highest BCUT2D eigenvalue weighted by atomic mass is 35.5. The fourth-order valence-electron chi connectivity index (χ4n) is 4.04. The summed E-state index contributed by atoms with van der Waals surface area (Å²) < 4.78 is 0.194. The van der Waals surface area contributed by atoms with Crippen LogP contribution < -0.4 is 22.3 Å². The van der Waals surface area contributed by atoms with E-state index in [1.807, 2.05) is 11.8 Å². The summed E-state index contributed by atoms with van der Waals surface area (Å²) in [5, 5.41) is 0. The Balaban J connectivity index is 0.00000210. The predicted octanol–water partition coefficient (Wildman–Crippen LogP) is 1.29. The normalized spacial score (nSPS) is 21.6. The molecule has 4 rings (SSSR count). The average molecular weight is 399 g/mol. The smallest absolute Gasteiger partial charge is 0.217 e. The number of allylic oxidation sites excluding steroid dienone is 1. The number of fused-ring (bicyclic) bond motifs is 2. The van der Waals surface area contributed by atoms with E-state index in [9.17, 15) is 0 Å². The monoisotopic (exact) mass is 398 g/mol. The van der Waals surface area contributed by atoms with Gasteiger partial charge in [0.1, 0.15) is 0 Å². The molecule has 2 nitrogen and oxygen atoms in total. The van der Waals surface area contributed by atoms with Crippen molar-refractivity contribution in [1.29, 1.82) is 0 Å². The molecular weight excluding hydrogens is 372 g/mol. The van der Waals surface area contributed by atoms with Gasteiger partial charge in [-0.3, -0.25) is 0 Å². The molecule has 142 valence electrons. The third-order valence-corrected chi connectivity index (χ3v) is 6.90. The lowest BCUT2D eigenvalue weighted by Crippen LogP contribution is -3.00. The maximum absolute atomic E-state index is 3.80. The molecule has 0 spiro atoms. The lowest BCUT2D eigenvalue weighted by atomic mass is 9.91. The van der Waals surface area contributed by atoms with E-state index in [0.717, 1.165) is 6.42 Å². The molecule has 1 fully saturated rings. The van der Waals surface area contributed by atoms with Crippen LogP contribution in [0, 0.1) is 5.92 Å². The maximum atomic E-state index is 3.80. The van der Waals surface area contributed by atoms with Crippen LogP contribution in [0.4, 0.5) is 11.4 Å². The largest absolute Gasteiger partial charge is 1.00 e. The van der Waals surface area contributed by atoms with Gasteiger partial charge in [-0.25, -0.2) is 4.99 Å². The zero-order valence-corrected chi connectivity index (χ0v) is 18.0. The van der Waals surface area contributed by atoms with Gasteiger partial charge >= 0.3 is 0 Å². The van der Waals surface area contributed by atoms with Crippen molar-refractivity contribution in [2.24, 2.45) is 5.92 Å². The second kappa shape index (κ2) is 7.73. The number of hydrogen-bond acceptors (Lipinski definition) is 2. The van der Waals surface area contributed by atoms with Gasteiger partial charge in [-0.15, -0.1) is 11.8 Å². The number of benzene rings is 2. The second-order valence-corrected chi connectivity index (χ2v) is 9.68. The third-order valence-electron chi connectivity index (χ3n) is 5.52. The minimum atomic E-state index is 0. The highest BCUT2D eigenvalue weighted by Gasteiger charge is 2.45. The van der Waals surface area contributed by atoms with Crippen LogP contribution in [0.25, 0.3) is 6.08 Å². The molecule has 4 heteroatoms. The fourth-order valence-corrected chi connectivity index (χ4v) is 5.36. The molecule has 0 aromatic heterocycles. The van der Waals surface area contributed by atoms with Gasteiger partial charge in [0.2, 0.25) is 5.69 Å². The molecular formula is C23H27ClN2S.